The number of fused-ring (bicyclic) bond motifs is 1. The summed E-state index contributed by atoms with van der Waals surface area (Å²) in [5.74, 6) is 2.04. The zero-order valence-corrected chi connectivity index (χ0v) is 19.0. The molecule has 2 amide bonds. The van der Waals surface area contributed by atoms with Crippen molar-refractivity contribution in [2.45, 2.75) is 0 Å². The number of halogens is 1. The van der Waals surface area contributed by atoms with Crippen molar-refractivity contribution in [3.05, 3.63) is 77.3 Å². The van der Waals surface area contributed by atoms with Crippen LogP contribution in [0.2, 0.25) is 0 Å². The van der Waals surface area contributed by atoms with Crippen LogP contribution in [0.15, 0.2) is 77.3 Å². The van der Waals surface area contributed by atoms with E-state index in [0.717, 1.165) is 26.8 Å². The number of carbonyl (C=O) groups excluding carboxylic acids is 1. The first kappa shape index (κ1) is 21.6. The van der Waals surface area contributed by atoms with Gasteiger partial charge in [-0.25, -0.2) is 14.8 Å². The van der Waals surface area contributed by atoms with Crippen LogP contribution in [0.25, 0.3) is 22.3 Å². The molecule has 1 heterocycles. The first-order valence-electron chi connectivity index (χ1n) is 10.1. The van der Waals surface area contributed by atoms with Gasteiger partial charge in [0.25, 0.3) is 0 Å². The second-order valence-electron chi connectivity index (χ2n) is 6.96. The van der Waals surface area contributed by atoms with Gasteiger partial charge in [0.1, 0.15) is 11.6 Å². The maximum atomic E-state index is 12.2. The van der Waals surface area contributed by atoms with Gasteiger partial charge in [-0.2, -0.15) is 0 Å². The molecule has 0 aliphatic rings. The van der Waals surface area contributed by atoms with Crippen molar-refractivity contribution < 1.29 is 9.53 Å². The summed E-state index contributed by atoms with van der Waals surface area (Å²) < 4.78 is 6.14. The quantitative estimate of drug-likeness (QED) is 0.305. The number of urea groups is 1. The molecular weight excluding hydrogens is 470 g/mol. The van der Waals surface area contributed by atoms with Crippen molar-refractivity contribution in [3.8, 4) is 17.1 Å². The number of anilines is 2. The Morgan fingerprint density at radius 2 is 1.81 bits per heavy atom. The lowest BCUT2D eigenvalue weighted by Gasteiger charge is -2.12. The Bertz CT molecular complexity index is 1250. The predicted molar refractivity (Wildman–Crippen MR) is 131 cm³/mol. The standard InChI is InChI=1S/C24H22BrN5O2/c1-32-19-9-5-8-18(15-19)28-24(31)27-13-12-26-23-20-10-2-3-11-21(20)29-22(30-23)16-6-4-7-17(25)14-16/h2-11,14-15H,12-13H2,1H3,(H,26,29,30)(H2,27,28,31). The molecule has 0 radical (unpaired) electrons. The molecule has 3 aromatic carbocycles. The normalized spacial score (nSPS) is 10.6. The molecule has 1 aromatic heterocycles. The predicted octanol–water partition coefficient (Wildman–Crippen LogP) is 5.30. The van der Waals surface area contributed by atoms with Gasteiger partial charge in [-0.1, -0.05) is 46.3 Å². The third-order valence-corrected chi connectivity index (χ3v) is 5.21. The van der Waals surface area contributed by atoms with E-state index in [0.29, 0.717) is 30.4 Å². The van der Waals surface area contributed by atoms with Gasteiger partial charge in [-0.3, -0.25) is 0 Å². The van der Waals surface area contributed by atoms with E-state index in [-0.39, 0.29) is 6.03 Å². The van der Waals surface area contributed by atoms with Gasteiger partial charge in [-0.05, 0) is 36.4 Å². The number of ether oxygens (including phenoxy) is 1. The highest BCUT2D eigenvalue weighted by Gasteiger charge is 2.10. The second kappa shape index (κ2) is 10.1. The van der Waals surface area contributed by atoms with Crippen molar-refractivity contribution in [1.82, 2.24) is 15.3 Å². The lowest BCUT2D eigenvalue weighted by Crippen LogP contribution is -2.32. The summed E-state index contributed by atoms with van der Waals surface area (Å²) >= 11 is 3.50. The molecule has 0 bridgehead atoms. The Morgan fingerprint density at radius 1 is 0.969 bits per heavy atom. The van der Waals surface area contributed by atoms with Crippen molar-refractivity contribution in [2.24, 2.45) is 0 Å². The van der Waals surface area contributed by atoms with Crippen LogP contribution in [0, 0.1) is 0 Å². The highest BCUT2D eigenvalue weighted by Crippen LogP contribution is 2.26. The third-order valence-electron chi connectivity index (χ3n) is 4.72. The number of nitrogens with one attached hydrogen (secondary N) is 3. The first-order chi connectivity index (χ1) is 15.6. The number of rotatable bonds is 7. The van der Waals surface area contributed by atoms with Crippen molar-refractivity contribution in [1.29, 1.82) is 0 Å². The Morgan fingerprint density at radius 3 is 2.66 bits per heavy atom. The van der Waals surface area contributed by atoms with Crippen LogP contribution >= 0.6 is 15.9 Å². The lowest BCUT2D eigenvalue weighted by molar-refractivity contribution is 0.252. The summed E-state index contributed by atoms with van der Waals surface area (Å²) in [6, 6.07) is 22.6. The van der Waals surface area contributed by atoms with E-state index in [9.17, 15) is 4.79 Å². The first-order valence-corrected chi connectivity index (χ1v) is 10.9. The van der Waals surface area contributed by atoms with Crippen LogP contribution in [0.4, 0.5) is 16.3 Å². The van der Waals surface area contributed by atoms with Crippen LogP contribution in [0.1, 0.15) is 0 Å². The fourth-order valence-electron chi connectivity index (χ4n) is 3.20. The van der Waals surface area contributed by atoms with Crippen LogP contribution in [-0.2, 0) is 0 Å². The molecule has 0 saturated heterocycles. The number of amides is 2. The van der Waals surface area contributed by atoms with Gasteiger partial charge in [-0.15, -0.1) is 0 Å². The highest BCUT2D eigenvalue weighted by atomic mass is 79.9. The smallest absolute Gasteiger partial charge is 0.319 e. The molecule has 0 fully saturated rings. The molecule has 3 N–H and O–H groups in total. The Balaban J connectivity index is 1.42. The van der Waals surface area contributed by atoms with E-state index in [1.807, 2.05) is 60.7 Å². The third kappa shape index (κ3) is 5.33. The number of hydrogen-bond donors (Lipinski definition) is 3. The summed E-state index contributed by atoms with van der Waals surface area (Å²) in [5, 5.41) is 9.88. The second-order valence-corrected chi connectivity index (χ2v) is 7.88. The molecule has 4 rings (SSSR count). The van der Waals surface area contributed by atoms with E-state index < -0.39 is 0 Å². The fourth-order valence-corrected chi connectivity index (χ4v) is 3.60. The van der Waals surface area contributed by atoms with E-state index in [4.69, 9.17) is 14.7 Å². The number of para-hydroxylation sites is 1. The number of hydrogen-bond acceptors (Lipinski definition) is 5. The van der Waals surface area contributed by atoms with E-state index >= 15 is 0 Å². The van der Waals surface area contributed by atoms with E-state index in [2.05, 4.69) is 31.9 Å². The number of aromatic nitrogens is 2. The minimum Gasteiger partial charge on any atom is -0.497 e. The summed E-state index contributed by atoms with van der Waals surface area (Å²) in [5.41, 5.74) is 2.43. The molecular formula is C24H22BrN5O2. The van der Waals surface area contributed by atoms with Crippen LogP contribution in [-0.4, -0.2) is 36.2 Å². The van der Waals surface area contributed by atoms with Gasteiger partial charge >= 0.3 is 6.03 Å². The van der Waals surface area contributed by atoms with Gasteiger partial charge in [0.05, 0.1) is 12.6 Å². The Hall–Kier alpha value is -3.65. The van der Waals surface area contributed by atoms with Gasteiger partial charge in [0.2, 0.25) is 0 Å². The zero-order chi connectivity index (χ0) is 22.3. The van der Waals surface area contributed by atoms with E-state index in [1.165, 1.54) is 0 Å². The number of methoxy groups -OCH3 is 1. The molecule has 8 heteroatoms. The Labute approximate surface area is 194 Å². The summed E-state index contributed by atoms with van der Waals surface area (Å²) in [6.07, 6.45) is 0. The largest absolute Gasteiger partial charge is 0.497 e. The molecule has 32 heavy (non-hydrogen) atoms. The molecule has 0 atom stereocenters. The minimum atomic E-state index is -0.289. The van der Waals surface area contributed by atoms with Crippen molar-refractivity contribution >= 4 is 44.4 Å². The molecule has 0 spiro atoms. The Kier molecular flexibility index (Phi) is 6.81. The SMILES string of the molecule is COc1cccc(NC(=O)NCCNc2nc(-c3cccc(Br)c3)nc3ccccc23)c1. The van der Waals surface area contributed by atoms with Gasteiger partial charge in [0.15, 0.2) is 5.82 Å². The van der Waals surface area contributed by atoms with Gasteiger partial charge in [0, 0.05) is 40.3 Å². The van der Waals surface area contributed by atoms with Crippen molar-refractivity contribution in [3.63, 3.8) is 0 Å². The van der Waals surface area contributed by atoms with E-state index in [1.54, 1.807) is 19.2 Å². The van der Waals surface area contributed by atoms with Crippen molar-refractivity contribution in [2.75, 3.05) is 30.8 Å². The molecule has 0 aliphatic carbocycles. The topological polar surface area (TPSA) is 88.2 Å². The molecule has 7 nitrogen and oxygen atoms in total. The summed E-state index contributed by atoms with van der Waals surface area (Å²) in [7, 11) is 1.59. The maximum Gasteiger partial charge on any atom is 0.319 e. The minimum absolute atomic E-state index is 0.289. The summed E-state index contributed by atoms with van der Waals surface area (Å²) in [6.45, 7) is 0.921. The molecule has 0 saturated carbocycles. The summed E-state index contributed by atoms with van der Waals surface area (Å²) in [4.78, 5) is 21.6. The van der Waals surface area contributed by atoms with Crippen LogP contribution in [0.3, 0.4) is 0 Å². The number of benzene rings is 3. The molecule has 162 valence electrons. The number of carbonyl (C=O) groups is 1. The molecule has 4 aromatic rings. The zero-order valence-electron chi connectivity index (χ0n) is 17.4. The number of nitrogens with zero attached hydrogens (tertiary/aromatic N) is 2. The lowest BCUT2D eigenvalue weighted by atomic mass is 10.2. The van der Waals surface area contributed by atoms with Crippen LogP contribution < -0.4 is 20.7 Å². The molecule has 0 aliphatic heterocycles. The fraction of sp³-hybridized carbons (Fsp3) is 0.125. The van der Waals surface area contributed by atoms with Gasteiger partial charge < -0.3 is 20.7 Å². The highest BCUT2D eigenvalue weighted by molar-refractivity contribution is 9.10. The average molecular weight is 492 g/mol. The monoisotopic (exact) mass is 491 g/mol. The van der Waals surface area contributed by atoms with Crippen LogP contribution in [0.5, 0.6) is 5.75 Å². The molecule has 0 unspecified atom stereocenters. The average Bonchev–Trinajstić information content (AvgIpc) is 2.81. The maximum absolute atomic E-state index is 12.2.